The van der Waals surface area contributed by atoms with E-state index in [4.69, 9.17) is 23.2 Å². The van der Waals surface area contributed by atoms with E-state index < -0.39 is 6.04 Å². The van der Waals surface area contributed by atoms with Gasteiger partial charge >= 0.3 is 0 Å². The summed E-state index contributed by atoms with van der Waals surface area (Å²) >= 11 is 11.8. The molecule has 0 saturated carbocycles. The van der Waals surface area contributed by atoms with Crippen molar-refractivity contribution in [2.75, 3.05) is 7.05 Å². The third-order valence-corrected chi connectivity index (χ3v) is 3.77. The zero-order valence-corrected chi connectivity index (χ0v) is 13.5. The molecule has 112 valence electrons. The van der Waals surface area contributed by atoms with E-state index in [-0.39, 0.29) is 22.9 Å². The highest BCUT2D eigenvalue weighted by molar-refractivity contribution is 6.41. The van der Waals surface area contributed by atoms with Crippen molar-refractivity contribution >= 4 is 35.0 Å². The molecule has 0 radical (unpaired) electrons. The minimum Gasteiger partial charge on any atom is -0.357 e. The molecule has 1 rings (SSSR count). The van der Waals surface area contributed by atoms with Gasteiger partial charge < -0.3 is 15.2 Å². The van der Waals surface area contributed by atoms with Crippen molar-refractivity contribution < 1.29 is 9.59 Å². The van der Waals surface area contributed by atoms with Crippen molar-refractivity contribution in [1.29, 1.82) is 0 Å². The summed E-state index contributed by atoms with van der Waals surface area (Å²) in [6.07, 6.45) is 0.553. The van der Waals surface area contributed by atoms with Crippen LogP contribution in [0, 0.1) is 5.92 Å². The van der Waals surface area contributed by atoms with E-state index in [1.807, 2.05) is 13.8 Å². The minimum absolute atomic E-state index is 0.224. The normalized spacial score (nSPS) is 12.3. The molecular formula is C13H19Cl2N3O2. The molecule has 0 aliphatic carbocycles. The lowest BCUT2D eigenvalue weighted by Crippen LogP contribution is -2.46. The maximum Gasteiger partial charge on any atom is 0.268 e. The number of hydrogen-bond acceptors (Lipinski definition) is 2. The fourth-order valence-corrected chi connectivity index (χ4v) is 2.25. The van der Waals surface area contributed by atoms with Crippen LogP contribution in [0.3, 0.4) is 0 Å². The van der Waals surface area contributed by atoms with Crippen LogP contribution in [0.5, 0.6) is 0 Å². The Morgan fingerprint density at radius 3 is 2.35 bits per heavy atom. The molecule has 1 heterocycles. The molecule has 2 amide bonds. The molecule has 7 heteroatoms. The maximum atomic E-state index is 12.2. The number of rotatable bonds is 5. The summed E-state index contributed by atoms with van der Waals surface area (Å²) in [5, 5.41) is 5.85. The van der Waals surface area contributed by atoms with Gasteiger partial charge in [-0.3, -0.25) is 9.59 Å². The van der Waals surface area contributed by atoms with Gasteiger partial charge in [0.25, 0.3) is 5.91 Å². The predicted octanol–water partition coefficient (Wildman–Crippen LogP) is 2.22. The second-order valence-corrected chi connectivity index (χ2v) is 5.76. The van der Waals surface area contributed by atoms with Crippen molar-refractivity contribution in [2.24, 2.45) is 13.0 Å². The summed E-state index contributed by atoms with van der Waals surface area (Å²) in [6.45, 7) is 3.97. The Balaban J connectivity index is 2.90. The van der Waals surface area contributed by atoms with E-state index in [9.17, 15) is 9.59 Å². The Morgan fingerprint density at radius 1 is 1.35 bits per heavy atom. The summed E-state index contributed by atoms with van der Waals surface area (Å²) in [5.41, 5.74) is 0.317. The van der Waals surface area contributed by atoms with Gasteiger partial charge in [0, 0.05) is 14.1 Å². The molecule has 1 aromatic heterocycles. The van der Waals surface area contributed by atoms with Crippen LogP contribution in [0.4, 0.5) is 0 Å². The van der Waals surface area contributed by atoms with Crippen LogP contribution < -0.4 is 10.6 Å². The van der Waals surface area contributed by atoms with Crippen molar-refractivity contribution in [3.05, 3.63) is 21.9 Å². The Bertz CT molecular complexity index is 512. The highest BCUT2D eigenvalue weighted by atomic mass is 35.5. The highest BCUT2D eigenvalue weighted by Gasteiger charge is 2.23. The number of halogens is 2. The number of likely N-dealkylation sites (N-methyl/N-ethyl adjacent to an activating group) is 1. The fraction of sp³-hybridized carbons (Fsp3) is 0.538. The van der Waals surface area contributed by atoms with Crippen molar-refractivity contribution in [2.45, 2.75) is 26.3 Å². The Hall–Kier alpha value is -1.20. The first-order valence-corrected chi connectivity index (χ1v) is 7.06. The van der Waals surface area contributed by atoms with E-state index in [0.717, 1.165) is 0 Å². The van der Waals surface area contributed by atoms with Crippen molar-refractivity contribution in [3.8, 4) is 0 Å². The van der Waals surface area contributed by atoms with Gasteiger partial charge in [-0.05, 0) is 18.4 Å². The topological polar surface area (TPSA) is 63.1 Å². The van der Waals surface area contributed by atoms with Gasteiger partial charge in [0.05, 0.1) is 5.02 Å². The zero-order valence-electron chi connectivity index (χ0n) is 12.0. The van der Waals surface area contributed by atoms with Gasteiger partial charge in [0.2, 0.25) is 5.91 Å². The van der Waals surface area contributed by atoms with E-state index in [1.54, 1.807) is 7.05 Å². The second kappa shape index (κ2) is 6.99. The first-order valence-electron chi connectivity index (χ1n) is 6.31. The highest BCUT2D eigenvalue weighted by Crippen LogP contribution is 2.25. The molecule has 1 atom stereocenters. The van der Waals surface area contributed by atoms with Gasteiger partial charge in [-0.15, -0.1) is 0 Å². The Kier molecular flexibility index (Phi) is 5.89. The summed E-state index contributed by atoms with van der Waals surface area (Å²) in [6, 6.07) is 0.898. The predicted molar refractivity (Wildman–Crippen MR) is 80.2 cm³/mol. The maximum absolute atomic E-state index is 12.2. The molecule has 0 saturated heterocycles. The third-order valence-electron chi connectivity index (χ3n) is 2.92. The second-order valence-electron chi connectivity index (χ2n) is 5.00. The molecule has 2 N–H and O–H groups in total. The van der Waals surface area contributed by atoms with Crippen LogP contribution in [0.2, 0.25) is 10.2 Å². The smallest absolute Gasteiger partial charge is 0.268 e. The van der Waals surface area contributed by atoms with E-state index in [2.05, 4.69) is 10.6 Å². The molecule has 0 bridgehead atoms. The van der Waals surface area contributed by atoms with Crippen LogP contribution >= 0.6 is 23.2 Å². The van der Waals surface area contributed by atoms with Crippen molar-refractivity contribution in [3.63, 3.8) is 0 Å². The van der Waals surface area contributed by atoms with Gasteiger partial charge in [-0.1, -0.05) is 37.0 Å². The number of hydrogen-bond donors (Lipinski definition) is 2. The lowest BCUT2D eigenvalue weighted by molar-refractivity contribution is -0.122. The standard InChI is InChI=1S/C13H19Cl2N3O2/c1-7(2)5-9(12(19)16-3)17-13(20)10-6-8(14)11(15)18(10)4/h6-7,9H,5H2,1-4H3,(H,16,19)(H,17,20)/t9-/m1/s1. The number of aromatic nitrogens is 1. The van der Waals surface area contributed by atoms with Crippen LogP contribution in [0.1, 0.15) is 30.8 Å². The van der Waals surface area contributed by atoms with Gasteiger partial charge in [0.1, 0.15) is 16.9 Å². The monoisotopic (exact) mass is 319 g/mol. The van der Waals surface area contributed by atoms with E-state index >= 15 is 0 Å². The molecular weight excluding hydrogens is 301 g/mol. The largest absolute Gasteiger partial charge is 0.357 e. The van der Waals surface area contributed by atoms with Gasteiger partial charge in [-0.25, -0.2) is 0 Å². The molecule has 0 spiro atoms. The first-order chi connectivity index (χ1) is 9.27. The summed E-state index contributed by atoms with van der Waals surface area (Å²) in [5.74, 6) is -0.327. The Morgan fingerprint density at radius 2 is 1.95 bits per heavy atom. The van der Waals surface area contributed by atoms with Crippen molar-refractivity contribution in [1.82, 2.24) is 15.2 Å². The molecule has 5 nitrogen and oxygen atoms in total. The molecule has 0 aliphatic rings. The van der Waals surface area contributed by atoms with E-state index in [0.29, 0.717) is 17.1 Å². The molecule has 1 aromatic rings. The minimum atomic E-state index is -0.583. The number of nitrogens with one attached hydrogen (secondary N) is 2. The zero-order chi connectivity index (χ0) is 15.4. The number of nitrogens with zero attached hydrogens (tertiary/aromatic N) is 1. The van der Waals surface area contributed by atoms with Crippen LogP contribution in [-0.4, -0.2) is 29.5 Å². The van der Waals surface area contributed by atoms with Gasteiger partial charge in [-0.2, -0.15) is 0 Å². The first kappa shape index (κ1) is 16.9. The van der Waals surface area contributed by atoms with Gasteiger partial charge in [0.15, 0.2) is 0 Å². The van der Waals surface area contributed by atoms with Crippen LogP contribution in [0.25, 0.3) is 0 Å². The lowest BCUT2D eigenvalue weighted by atomic mass is 10.0. The van der Waals surface area contributed by atoms with Crippen LogP contribution in [-0.2, 0) is 11.8 Å². The molecule has 0 unspecified atom stereocenters. The number of carbonyl (C=O) groups excluding carboxylic acids is 2. The summed E-state index contributed by atoms with van der Waals surface area (Å²) < 4.78 is 1.48. The van der Waals surface area contributed by atoms with E-state index in [1.165, 1.54) is 17.7 Å². The van der Waals surface area contributed by atoms with Crippen LogP contribution in [0.15, 0.2) is 6.07 Å². The molecule has 20 heavy (non-hydrogen) atoms. The molecule has 0 fully saturated rings. The summed E-state index contributed by atoms with van der Waals surface area (Å²) in [7, 11) is 3.18. The molecule has 0 aromatic carbocycles. The summed E-state index contributed by atoms with van der Waals surface area (Å²) in [4.78, 5) is 24.0. The average molecular weight is 320 g/mol. The number of carbonyl (C=O) groups is 2. The average Bonchev–Trinajstić information content (AvgIpc) is 2.64. The lowest BCUT2D eigenvalue weighted by Gasteiger charge is -2.19. The quantitative estimate of drug-likeness (QED) is 0.874. The number of amides is 2. The fourth-order valence-electron chi connectivity index (χ4n) is 1.87. The SMILES string of the molecule is CNC(=O)[C@@H](CC(C)C)NC(=O)c1cc(Cl)c(Cl)n1C. The Labute approximate surface area is 128 Å². The third kappa shape index (κ3) is 3.90. The molecule has 0 aliphatic heterocycles.